The normalized spacial score (nSPS) is 25.7. The highest BCUT2D eigenvalue weighted by Gasteiger charge is 2.34. The Hall–Kier alpha value is -1.14. The molecule has 1 aromatic carbocycles. The highest BCUT2D eigenvalue weighted by atomic mass is 16.5. The Kier molecular flexibility index (Phi) is 7.32. The quantitative estimate of drug-likeness (QED) is 0.739. The largest absolute Gasteiger partial charge is 0.494 e. The topological polar surface area (TPSA) is 56.2 Å². The molecule has 26 heavy (non-hydrogen) atoms. The number of ether oxygens (including phenoxy) is 1. The van der Waals surface area contributed by atoms with E-state index in [1.165, 1.54) is 5.56 Å². The molecule has 2 atom stereocenters. The SMILES string of the molecule is CCOc1ccc(CN2C[C@@H](CO)[C@@H](CN3CCC(CO)CC3)C2)cc1. The molecule has 0 unspecified atom stereocenters. The lowest BCUT2D eigenvalue weighted by Gasteiger charge is -2.33. The van der Waals surface area contributed by atoms with Gasteiger partial charge in [-0.15, -0.1) is 0 Å². The molecule has 2 aliphatic heterocycles. The fraction of sp³-hybridized carbons (Fsp3) is 0.714. The first kappa shape index (κ1) is 19.6. The minimum atomic E-state index is 0.275. The number of rotatable bonds is 8. The van der Waals surface area contributed by atoms with Gasteiger partial charge in [0.15, 0.2) is 0 Å². The van der Waals surface area contributed by atoms with Crippen molar-refractivity contribution in [3.05, 3.63) is 29.8 Å². The molecule has 2 N–H and O–H groups in total. The smallest absolute Gasteiger partial charge is 0.119 e. The van der Waals surface area contributed by atoms with Crippen molar-refractivity contribution < 1.29 is 14.9 Å². The number of likely N-dealkylation sites (tertiary alicyclic amines) is 2. The van der Waals surface area contributed by atoms with Crippen LogP contribution in [0, 0.1) is 17.8 Å². The third-order valence-electron chi connectivity index (χ3n) is 5.99. The Bertz CT molecular complexity index is 529. The zero-order valence-corrected chi connectivity index (χ0v) is 16.0. The van der Waals surface area contributed by atoms with Crippen molar-refractivity contribution in [3.63, 3.8) is 0 Å². The van der Waals surface area contributed by atoms with E-state index in [4.69, 9.17) is 4.74 Å². The molecule has 0 saturated carbocycles. The van der Waals surface area contributed by atoms with E-state index >= 15 is 0 Å². The Morgan fingerprint density at radius 3 is 2.27 bits per heavy atom. The van der Waals surface area contributed by atoms with Crippen LogP contribution in [0.2, 0.25) is 0 Å². The van der Waals surface area contributed by atoms with Gasteiger partial charge in [0, 0.05) is 39.4 Å². The van der Waals surface area contributed by atoms with Crippen molar-refractivity contribution in [1.82, 2.24) is 9.80 Å². The van der Waals surface area contributed by atoms with Crippen LogP contribution in [-0.2, 0) is 6.54 Å². The molecule has 5 nitrogen and oxygen atoms in total. The summed E-state index contributed by atoms with van der Waals surface area (Å²) in [5.41, 5.74) is 1.30. The van der Waals surface area contributed by atoms with Gasteiger partial charge in [-0.05, 0) is 68.3 Å². The average molecular weight is 363 g/mol. The second kappa shape index (κ2) is 9.70. The minimum absolute atomic E-state index is 0.275. The molecule has 1 aromatic rings. The van der Waals surface area contributed by atoms with Crippen LogP contribution in [0.3, 0.4) is 0 Å². The number of benzene rings is 1. The first-order chi connectivity index (χ1) is 12.7. The van der Waals surface area contributed by atoms with E-state index in [9.17, 15) is 10.2 Å². The molecule has 0 bridgehead atoms. The lowest BCUT2D eigenvalue weighted by atomic mass is 9.93. The summed E-state index contributed by atoms with van der Waals surface area (Å²) in [6, 6.07) is 8.38. The van der Waals surface area contributed by atoms with Gasteiger partial charge in [-0.25, -0.2) is 0 Å². The molecule has 2 saturated heterocycles. The van der Waals surface area contributed by atoms with Crippen LogP contribution in [0.15, 0.2) is 24.3 Å². The Balaban J connectivity index is 1.50. The molecule has 0 radical (unpaired) electrons. The van der Waals surface area contributed by atoms with Crippen LogP contribution < -0.4 is 4.74 Å². The van der Waals surface area contributed by atoms with Gasteiger partial charge in [0.2, 0.25) is 0 Å². The van der Waals surface area contributed by atoms with E-state index in [-0.39, 0.29) is 6.61 Å². The third kappa shape index (κ3) is 5.19. The first-order valence-electron chi connectivity index (χ1n) is 10.1. The highest BCUT2D eigenvalue weighted by molar-refractivity contribution is 5.27. The number of piperidine rings is 1. The van der Waals surface area contributed by atoms with Gasteiger partial charge in [0.25, 0.3) is 0 Å². The van der Waals surface area contributed by atoms with Crippen LogP contribution in [0.4, 0.5) is 0 Å². The van der Waals surface area contributed by atoms with E-state index in [0.29, 0.717) is 31.0 Å². The van der Waals surface area contributed by atoms with Crippen molar-refractivity contribution in [3.8, 4) is 5.75 Å². The zero-order chi connectivity index (χ0) is 18.4. The van der Waals surface area contributed by atoms with Crippen LogP contribution >= 0.6 is 0 Å². The number of aliphatic hydroxyl groups is 2. The molecule has 0 spiro atoms. The summed E-state index contributed by atoms with van der Waals surface area (Å²) >= 11 is 0. The highest BCUT2D eigenvalue weighted by Crippen LogP contribution is 2.27. The maximum absolute atomic E-state index is 9.83. The first-order valence-corrected chi connectivity index (χ1v) is 10.1. The summed E-state index contributed by atoms with van der Waals surface area (Å²) in [7, 11) is 0. The monoisotopic (exact) mass is 362 g/mol. The van der Waals surface area contributed by atoms with E-state index in [2.05, 4.69) is 21.9 Å². The molecule has 5 heteroatoms. The van der Waals surface area contributed by atoms with Gasteiger partial charge < -0.3 is 19.8 Å². The minimum Gasteiger partial charge on any atom is -0.494 e. The van der Waals surface area contributed by atoms with Gasteiger partial charge in [-0.1, -0.05) is 12.1 Å². The molecule has 0 aliphatic carbocycles. The summed E-state index contributed by atoms with van der Waals surface area (Å²) in [6.45, 7) is 9.50. The van der Waals surface area contributed by atoms with Gasteiger partial charge in [-0.2, -0.15) is 0 Å². The number of aliphatic hydroxyl groups excluding tert-OH is 2. The third-order valence-corrected chi connectivity index (χ3v) is 5.99. The predicted octanol–water partition coefficient (Wildman–Crippen LogP) is 1.83. The Morgan fingerprint density at radius 2 is 1.65 bits per heavy atom. The van der Waals surface area contributed by atoms with E-state index in [1.807, 2.05) is 19.1 Å². The standard InChI is InChI=1S/C21H34N2O3/c1-2-26-21-5-3-17(4-6-21)11-23-13-19(20(14-23)16-25)12-22-9-7-18(15-24)8-10-22/h3-6,18-20,24-25H,2,7-16H2,1H3/t19-,20-/m0/s1. The number of nitrogens with zero attached hydrogens (tertiary/aromatic N) is 2. The summed E-state index contributed by atoms with van der Waals surface area (Å²) in [4.78, 5) is 5.00. The van der Waals surface area contributed by atoms with E-state index in [1.54, 1.807) is 0 Å². The number of hydrogen-bond acceptors (Lipinski definition) is 5. The lowest BCUT2D eigenvalue weighted by molar-refractivity contribution is 0.106. The van der Waals surface area contributed by atoms with Crippen molar-refractivity contribution in [1.29, 1.82) is 0 Å². The second-order valence-corrected chi connectivity index (χ2v) is 7.90. The summed E-state index contributed by atoms with van der Waals surface area (Å²) < 4.78 is 5.51. The maximum Gasteiger partial charge on any atom is 0.119 e. The average Bonchev–Trinajstić information content (AvgIpc) is 3.05. The van der Waals surface area contributed by atoms with E-state index < -0.39 is 0 Å². The lowest BCUT2D eigenvalue weighted by Crippen LogP contribution is -2.40. The van der Waals surface area contributed by atoms with Gasteiger partial charge >= 0.3 is 0 Å². The molecular weight excluding hydrogens is 328 g/mol. The fourth-order valence-electron chi connectivity index (χ4n) is 4.38. The Labute approximate surface area is 157 Å². The summed E-state index contributed by atoms with van der Waals surface area (Å²) in [5.74, 6) is 2.32. The van der Waals surface area contributed by atoms with Gasteiger partial charge in [0.1, 0.15) is 5.75 Å². The van der Waals surface area contributed by atoms with Crippen LogP contribution in [-0.4, -0.2) is 72.6 Å². The van der Waals surface area contributed by atoms with Crippen LogP contribution in [0.25, 0.3) is 0 Å². The fourth-order valence-corrected chi connectivity index (χ4v) is 4.38. The van der Waals surface area contributed by atoms with Crippen molar-refractivity contribution >= 4 is 0 Å². The summed E-state index contributed by atoms with van der Waals surface area (Å²) in [6.07, 6.45) is 2.20. The van der Waals surface area contributed by atoms with Gasteiger partial charge in [0.05, 0.1) is 6.61 Å². The van der Waals surface area contributed by atoms with Crippen molar-refractivity contribution in [2.45, 2.75) is 26.3 Å². The molecule has 0 aromatic heterocycles. The Morgan fingerprint density at radius 1 is 0.962 bits per heavy atom. The summed E-state index contributed by atoms with van der Waals surface area (Å²) in [5, 5.41) is 19.1. The molecular formula is C21H34N2O3. The molecule has 2 aliphatic rings. The van der Waals surface area contributed by atoms with Crippen LogP contribution in [0.1, 0.15) is 25.3 Å². The van der Waals surface area contributed by atoms with Crippen LogP contribution in [0.5, 0.6) is 5.75 Å². The van der Waals surface area contributed by atoms with Crippen molar-refractivity contribution in [2.75, 3.05) is 52.5 Å². The zero-order valence-electron chi connectivity index (χ0n) is 16.0. The molecule has 146 valence electrons. The molecule has 3 rings (SSSR count). The molecule has 0 amide bonds. The van der Waals surface area contributed by atoms with Gasteiger partial charge in [-0.3, -0.25) is 4.90 Å². The molecule has 2 fully saturated rings. The maximum atomic E-state index is 9.83. The second-order valence-electron chi connectivity index (χ2n) is 7.90. The predicted molar refractivity (Wildman–Crippen MR) is 103 cm³/mol. The number of hydrogen-bond donors (Lipinski definition) is 2. The molecule has 2 heterocycles. The van der Waals surface area contributed by atoms with Crippen molar-refractivity contribution in [2.24, 2.45) is 17.8 Å². The van der Waals surface area contributed by atoms with E-state index in [0.717, 1.165) is 57.9 Å².